The van der Waals surface area contributed by atoms with E-state index in [0.717, 1.165) is 0 Å². The van der Waals surface area contributed by atoms with E-state index in [1.807, 2.05) is 0 Å². The summed E-state index contributed by atoms with van der Waals surface area (Å²) in [5, 5.41) is 0.543. The summed E-state index contributed by atoms with van der Waals surface area (Å²) < 4.78 is 13.2. The van der Waals surface area contributed by atoms with Crippen LogP contribution < -0.4 is 0 Å². The quantitative estimate of drug-likeness (QED) is 0.649. The Hall–Kier alpha value is -0.790. The molecule has 0 heterocycles. The molecule has 0 N–H and O–H groups in total. The molecule has 1 aromatic carbocycles. The van der Waals surface area contributed by atoms with Gasteiger partial charge in [0.05, 0.1) is 10.1 Å². The van der Waals surface area contributed by atoms with Gasteiger partial charge in [0.25, 0.3) is 0 Å². The molecule has 0 unspecified atom stereocenters. The van der Waals surface area contributed by atoms with Crippen LogP contribution in [0.15, 0.2) is 36.9 Å². The second kappa shape index (κ2) is 4.45. The first-order valence-electron chi connectivity index (χ1n) is 3.59. The van der Waals surface area contributed by atoms with Crippen molar-refractivity contribution in [3.05, 3.63) is 53.3 Å². The van der Waals surface area contributed by atoms with E-state index in [1.54, 1.807) is 6.07 Å². The fourth-order valence-corrected chi connectivity index (χ4v) is 1.51. The molecular weight excluding hydrogens is 210 g/mol. The van der Waals surface area contributed by atoms with Crippen LogP contribution in [-0.2, 0) is 0 Å². The van der Waals surface area contributed by atoms with E-state index >= 15 is 0 Å². The third-order valence-electron chi connectivity index (χ3n) is 1.47. The van der Waals surface area contributed by atoms with Gasteiger partial charge in [-0.05, 0) is 18.2 Å². The second-order valence-electron chi connectivity index (χ2n) is 2.35. The lowest BCUT2D eigenvalue weighted by atomic mass is 10.2. The number of hydrogen-bond donors (Lipinski definition) is 0. The standard InChI is InChI=1S/C10H7Cl2F/c1-2-4-7(11)10-8(12)5-3-6-9(10)13/h2-6H,1H2/b7-4+. The first-order chi connectivity index (χ1) is 6.16. The van der Waals surface area contributed by atoms with Crippen LogP contribution in [0.1, 0.15) is 5.56 Å². The fraction of sp³-hybridized carbons (Fsp3) is 0. The Morgan fingerprint density at radius 3 is 2.69 bits per heavy atom. The third kappa shape index (κ3) is 2.33. The van der Waals surface area contributed by atoms with Crippen LogP contribution in [0.5, 0.6) is 0 Å². The Bertz CT molecular complexity index is 336. The van der Waals surface area contributed by atoms with Crippen molar-refractivity contribution in [1.82, 2.24) is 0 Å². The van der Waals surface area contributed by atoms with Crippen LogP contribution in [-0.4, -0.2) is 0 Å². The van der Waals surface area contributed by atoms with E-state index in [0.29, 0.717) is 5.02 Å². The summed E-state index contributed by atoms with van der Waals surface area (Å²) in [6, 6.07) is 4.42. The van der Waals surface area contributed by atoms with Crippen molar-refractivity contribution < 1.29 is 4.39 Å². The molecule has 0 fully saturated rings. The van der Waals surface area contributed by atoms with Crippen LogP contribution in [0, 0.1) is 5.82 Å². The number of benzene rings is 1. The van der Waals surface area contributed by atoms with Gasteiger partial charge < -0.3 is 0 Å². The fourth-order valence-electron chi connectivity index (χ4n) is 0.913. The predicted octanol–water partition coefficient (Wildman–Crippen LogP) is 4.24. The van der Waals surface area contributed by atoms with Crippen molar-refractivity contribution >= 4 is 28.2 Å². The van der Waals surface area contributed by atoms with Gasteiger partial charge in [0.2, 0.25) is 0 Å². The minimum absolute atomic E-state index is 0.214. The zero-order chi connectivity index (χ0) is 9.84. The number of halogens is 3. The summed E-state index contributed by atoms with van der Waals surface area (Å²) in [5.74, 6) is -0.435. The summed E-state index contributed by atoms with van der Waals surface area (Å²) >= 11 is 11.5. The normalized spacial score (nSPS) is 11.5. The van der Waals surface area contributed by atoms with Crippen LogP contribution >= 0.6 is 23.2 Å². The molecule has 0 nitrogen and oxygen atoms in total. The summed E-state index contributed by atoms with van der Waals surface area (Å²) in [7, 11) is 0. The van der Waals surface area contributed by atoms with Crippen molar-refractivity contribution in [2.45, 2.75) is 0 Å². The van der Waals surface area contributed by atoms with E-state index in [1.165, 1.54) is 24.3 Å². The van der Waals surface area contributed by atoms with Crippen molar-refractivity contribution in [2.75, 3.05) is 0 Å². The maximum absolute atomic E-state index is 13.2. The third-order valence-corrected chi connectivity index (χ3v) is 2.10. The van der Waals surface area contributed by atoms with Crippen LogP contribution in [0.4, 0.5) is 4.39 Å². The Morgan fingerprint density at radius 1 is 1.46 bits per heavy atom. The lowest BCUT2D eigenvalue weighted by Crippen LogP contribution is -1.85. The van der Waals surface area contributed by atoms with Gasteiger partial charge in [-0.15, -0.1) is 0 Å². The van der Waals surface area contributed by atoms with Crippen molar-refractivity contribution in [3.8, 4) is 0 Å². The van der Waals surface area contributed by atoms with E-state index in [-0.39, 0.29) is 10.6 Å². The molecule has 1 rings (SSSR count). The smallest absolute Gasteiger partial charge is 0.133 e. The Morgan fingerprint density at radius 2 is 2.15 bits per heavy atom. The largest absolute Gasteiger partial charge is 0.206 e. The van der Waals surface area contributed by atoms with E-state index in [2.05, 4.69) is 6.58 Å². The Labute approximate surface area is 86.3 Å². The molecule has 3 heteroatoms. The maximum atomic E-state index is 13.2. The molecule has 13 heavy (non-hydrogen) atoms. The van der Waals surface area contributed by atoms with Crippen LogP contribution in [0.2, 0.25) is 5.02 Å². The maximum Gasteiger partial charge on any atom is 0.133 e. The number of allylic oxidation sites excluding steroid dienone is 2. The van der Waals surface area contributed by atoms with Gasteiger partial charge >= 0.3 is 0 Å². The minimum Gasteiger partial charge on any atom is -0.206 e. The number of rotatable bonds is 2. The zero-order valence-corrected chi connectivity index (χ0v) is 8.24. The van der Waals surface area contributed by atoms with Gasteiger partial charge in [-0.3, -0.25) is 0 Å². The highest BCUT2D eigenvalue weighted by molar-refractivity contribution is 6.50. The Kier molecular flexibility index (Phi) is 3.52. The van der Waals surface area contributed by atoms with Gasteiger partial charge in [-0.1, -0.05) is 41.9 Å². The molecule has 0 atom stereocenters. The highest BCUT2D eigenvalue weighted by atomic mass is 35.5. The van der Waals surface area contributed by atoms with Gasteiger partial charge in [-0.25, -0.2) is 4.39 Å². The average molecular weight is 217 g/mol. The van der Waals surface area contributed by atoms with Crippen LogP contribution in [0.3, 0.4) is 0 Å². The van der Waals surface area contributed by atoms with Gasteiger partial charge in [0.15, 0.2) is 0 Å². The SMILES string of the molecule is C=C/C=C(/Cl)c1c(F)cccc1Cl. The zero-order valence-electron chi connectivity index (χ0n) is 6.73. The highest BCUT2D eigenvalue weighted by Gasteiger charge is 2.08. The molecule has 0 aliphatic carbocycles. The van der Waals surface area contributed by atoms with Gasteiger partial charge in [-0.2, -0.15) is 0 Å². The van der Waals surface area contributed by atoms with E-state index in [9.17, 15) is 4.39 Å². The topological polar surface area (TPSA) is 0 Å². The molecule has 68 valence electrons. The Balaban J connectivity index is 3.27. The summed E-state index contributed by atoms with van der Waals surface area (Å²) in [6.07, 6.45) is 2.97. The molecule has 0 spiro atoms. The summed E-state index contributed by atoms with van der Waals surface area (Å²) in [5.41, 5.74) is 0.214. The first kappa shape index (κ1) is 10.3. The lowest BCUT2D eigenvalue weighted by Gasteiger charge is -2.02. The van der Waals surface area contributed by atoms with E-state index < -0.39 is 5.82 Å². The molecule has 0 saturated heterocycles. The van der Waals surface area contributed by atoms with E-state index in [4.69, 9.17) is 23.2 Å². The molecule has 0 aliphatic heterocycles. The highest BCUT2D eigenvalue weighted by Crippen LogP contribution is 2.29. The predicted molar refractivity (Wildman–Crippen MR) is 55.4 cm³/mol. The molecule has 0 aromatic heterocycles. The summed E-state index contributed by atoms with van der Waals surface area (Å²) in [4.78, 5) is 0. The van der Waals surface area contributed by atoms with Crippen molar-refractivity contribution in [2.24, 2.45) is 0 Å². The van der Waals surface area contributed by atoms with Crippen molar-refractivity contribution in [3.63, 3.8) is 0 Å². The molecule has 0 radical (unpaired) electrons. The average Bonchev–Trinajstić information content (AvgIpc) is 2.04. The van der Waals surface area contributed by atoms with Gasteiger partial charge in [0, 0.05) is 5.56 Å². The lowest BCUT2D eigenvalue weighted by molar-refractivity contribution is 0.625. The second-order valence-corrected chi connectivity index (χ2v) is 3.16. The first-order valence-corrected chi connectivity index (χ1v) is 4.35. The molecule has 0 aliphatic rings. The molecule has 0 amide bonds. The number of hydrogen-bond acceptors (Lipinski definition) is 0. The molecule has 1 aromatic rings. The molecular formula is C10H7Cl2F. The summed E-state index contributed by atoms with van der Waals surface area (Å²) in [6.45, 7) is 3.46. The van der Waals surface area contributed by atoms with Gasteiger partial charge in [0.1, 0.15) is 5.82 Å². The minimum atomic E-state index is -0.435. The molecule has 0 saturated carbocycles. The monoisotopic (exact) mass is 216 g/mol. The van der Waals surface area contributed by atoms with Crippen molar-refractivity contribution in [1.29, 1.82) is 0 Å². The van der Waals surface area contributed by atoms with Crippen LogP contribution in [0.25, 0.3) is 5.03 Å². The molecule has 0 bridgehead atoms.